The van der Waals surface area contributed by atoms with E-state index >= 15 is 0 Å². The van der Waals surface area contributed by atoms with E-state index in [9.17, 15) is 0 Å². The number of hydrogen-bond acceptors (Lipinski definition) is 2. The highest BCUT2D eigenvalue weighted by Crippen LogP contribution is 2.25. The van der Waals surface area contributed by atoms with Gasteiger partial charge in [-0.05, 0) is 49.4 Å². The maximum absolute atomic E-state index is 8.87. The van der Waals surface area contributed by atoms with Crippen LogP contribution in [0.5, 0.6) is 0 Å². The van der Waals surface area contributed by atoms with E-state index in [2.05, 4.69) is 24.0 Å². The Morgan fingerprint density at radius 1 is 1.19 bits per heavy atom. The summed E-state index contributed by atoms with van der Waals surface area (Å²) >= 11 is 12.3. The van der Waals surface area contributed by atoms with Gasteiger partial charge in [-0.25, -0.2) is 0 Å². The van der Waals surface area contributed by atoms with Crippen LogP contribution in [0.15, 0.2) is 42.5 Å². The van der Waals surface area contributed by atoms with Crippen LogP contribution < -0.4 is 0 Å². The molecular formula is C17H16Cl2N2. The van der Waals surface area contributed by atoms with Crippen LogP contribution in [0, 0.1) is 11.3 Å². The molecule has 2 aromatic carbocycles. The Kier molecular flexibility index (Phi) is 5.25. The molecule has 0 aromatic heterocycles. The van der Waals surface area contributed by atoms with Gasteiger partial charge in [-0.2, -0.15) is 5.26 Å². The van der Waals surface area contributed by atoms with E-state index in [0.29, 0.717) is 17.1 Å². The normalized spacial score (nSPS) is 12.2. The van der Waals surface area contributed by atoms with Crippen molar-refractivity contribution in [3.05, 3.63) is 69.2 Å². The molecule has 2 rings (SSSR count). The lowest BCUT2D eigenvalue weighted by atomic mass is 10.1. The summed E-state index contributed by atoms with van der Waals surface area (Å²) in [6, 6.07) is 15.6. The molecule has 0 saturated carbocycles. The van der Waals surface area contributed by atoms with Gasteiger partial charge in [-0.3, -0.25) is 4.90 Å². The molecule has 0 N–H and O–H groups in total. The number of rotatable bonds is 4. The molecule has 2 nitrogen and oxygen atoms in total. The van der Waals surface area contributed by atoms with Crippen molar-refractivity contribution in [2.45, 2.75) is 19.5 Å². The highest BCUT2D eigenvalue weighted by molar-refractivity contribution is 6.31. The third kappa shape index (κ3) is 3.98. The van der Waals surface area contributed by atoms with Crippen LogP contribution in [0.2, 0.25) is 10.0 Å². The Hall–Kier alpha value is -1.53. The number of nitriles is 1. The van der Waals surface area contributed by atoms with Gasteiger partial charge < -0.3 is 0 Å². The zero-order chi connectivity index (χ0) is 15.4. The van der Waals surface area contributed by atoms with Crippen LogP contribution >= 0.6 is 23.2 Å². The molecule has 0 saturated heterocycles. The maximum Gasteiger partial charge on any atom is 0.0992 e. The number of nitrogens with zero attached hydrogens (tertiary/aromatic N) is 2. The molecule has 1 unspecified atom stereocenters. The third-order valence-electron chi connectivity index (χ3n) is 3.59. The van der Waals surface area contributed by atoms with Gasteiger partial charge in [0.25, 0.3) is 0 Å². The average molecular weight is 319 g/mol. The first-order valence-corrected chi connectivity index (χ1v) is 7.41. The summed E-state index contributed by atoms with van der Waals surface area (Å²) in [6.07, 6.45) is 0. The van der Waals surface area contributed by atoms with Crippen LogP contribution in [-0.4, -0.2) is 11.9 Å². The Labute approximate surface area is 135 Å². The Morgan fingerprint density at radius 2 is 1.95 bits per heavy atom. The van der Waals surface area contributed by atoms with Crippen molar-refractivity contribution in [1.29, 1.82) is 5.26 Å². The molecule has 1 atom stereocenters. The molecule has 0 aliphatic carbocycles. The van der Waals surface area contributed by atoms with Gasteiger partial charge in [0.15, 0.2) is 0 Å². The lowest BCUT2D eigenvalue weighted by Crippen LogP contribution is -2.22. The maximum atomic E-state index is 8.87. The van der Waals surface area contributed by atoms with Crippen LogP contribution in [0.4, 0.5) is 0 Å². The van der Waals surface area contributed by atoms with Crippen molar-refractivity contribution < 1.29 is 0 Å². The van der Waals surface area contributed by atoms with E-state index in [1.54, 1.807) is 12.1 Å². The summed E-state index contributed by atoms with van der Waals surface area (Å²) in [6.45, 7) is 2.83. The topological polar surface area (TPSA) is 27.0 Å². The van der Waals surface area contributed by atoms with Crippen LogP contribution in [0.1, 0.15) is 29.7 Å². The largest absolute Gasteiger partial charge is 0.295 e. The molecule has 0 aliphatic rings. The summed E-state index contributed by atoms with van der Waals surface area (Å²) in [5.74, 6) is 0. The minimum absolute atomic E-state index is 0.218. The fourth-order valence-electron chi connectivity index (χ4n) is 2.17. The first-order chi connectivity index (χ1) is 10.0. The van der Waals surface area contributed by atoms with E-state index in [1.807, 2.05) is 31.3 Å². The fourth-order valence-corrected chi connectivity index (χ4v) is 2.61. The van der Waals surface area contributed by atoms with Crippen molar-refractivity contribution in [2.24, 2.45) is 0 Å². The van der Waals surface area contributed by atoms with Gasteiger partial charge in [0.2, 0.25) is 0 Å². The van der Waals surface area contributed by atoms with E-state index in [-0.39, 0.29) is 6.04 Å². The molecule has 0 bridgehead atoms. The zero-order valence-electron chi connectivity index (χ0n) is 12.0. The predicted octanol–water partition coefficient (Wildman–Crippen LogP) is 5.06. The van der Waals surface area contributed by atoms with Crippen molar-refractivity contribution >= 4 is 23.2 Å². The first kappa shape index (κ1) is 15.9. The third-order valence-corrected chi connectivity index (χ3v) is 4.18. The second-order valence-corrected chi connectivity index (χ2v) is 5.91. The standard InChI is InChI=1S/C17H16Cl2N2/c1-12(14-4-3-5-16(18)9-14)21(2)11-15-7-6-13(10-20)8-17(15)19/h3-9,12H,11H2,1-2H3. The van der Waals surface area contributed by atoms with Gasteiger partial charge in [0.1, 0.15) is 0 Å². The van der Waals surface area contributed by atoms with Crippen LogP contribution in [-0.2, 0) is 6.54 Å². The average Bonchev–Trinajstić information content (AvgIpc) is 2.48. The molecule has 0 heterocycles. The SMILES string of the molecule is CC(c1cccc(Cl)c1)N(C)Cc1ccc(C#N)cc1Cl. The Bertz CT molecular complexity index is 677. The Morgan fingerprint density at radius 3 is 2.57 bits per heavy atom. The molecule has 0 radical (unpaired) electrons. The number of hydrogen-bond donors (Lipinski definition) is 0. The highest BCUT2D eigenvalue weighted by atomic mass is 35.5. The zero-order valence-corrected chi connectivity index (χ0v) is 13.5. The van der Waals surface area contributed by atoms with Crippen molar-refractivity contribution in [1.82, 2.24) is 4.90 Å². The Balaban J connectivity index is 2.14. The van der Waals surface area contributed by atoms with E-state index in [4.69, 9.17) is 28.5 Å². The van der Waals surface area contributed by atoms with Gasteiger partial charge in [0, 0.05) is 22.6 Å². The van der Waals surface area contributed by atoms with Gasteiger partial charge in [-0.15, -0.1) is 0 Å². The smallest absolute Gasteiger partial charge is 0.0992 e. The number of benzene rings is 2. The van der Waals surface area contributed by atoms with Gasteiger partial charge in [-0.1, -0.05) is 41.4 Å². The lowest BCUT2D eigenvalue weighted by molar-refractivity contribution is 0.253. The monoisotopic (exact) mass is 318 g/mol. The van der Waals surface area contributed by atoms with Crippen molar-refractivity contribution in [3.63, 3.8) is 0 Å². The van der Waals surface area contributed by atoms with E-state index in [1.165, 1.54) is 0 Å². The molecule has 0 spiro atoms. The van der Waals surface area contributed by atoms with E-state index < -0.39 is 0 Å². The minimum Gasteiger partial charge on any atom is -0.295 e. The van der Waals surface area contributed by atoms with Crippen molar-refractivity contribution in [2.75, 3.05) is 7.05 Å². The molecule has 21 heavy (non-hydrogen) atoms. The van der Waals surface area contributed by atoms with Crippen LogP contribution in [0.3, 0.4) is 0 Å². The summed E-state index contributed by atoms with van der Waals surface area (Å²) in [4.78, 5) is 2.19. The summed E-state index contributed by atoms with van der Waals surface area (Å²) < 4.78 is 0. The number of halogens is 2. The first-order valence-electron chi connectivity index (χ1n) is 6.65. The predicted molar refractivity (Wildman–Crippen MR) is 87.5 cm³/mol. The molecule has 0 fully saturated rings. The minimum atomic E-state index is 0.218. The fraction of sp³-hybridized carbons (Fsp3) is 0.235. The lowest BCUT2D eigenvalue weighted by Gasteiger charge is -2.25. The van der Waals surface area contributed by atoms with Gasteiger partial charge >= 0.3 is 0 Å². The summed E-state index contributed by atoms with van der Waals surface area (Å²) in [5.41, 5.74) is 2.75. The van der Waals surface area contributed by atoms with Crippen LogP contribution in [0.25, 0.3) is 0 Å². The molecule has 0 amide bonds. The molecule has 108 valence electrons. The molecule has 4 heteroatoms. The molecule has 2 aromatic rings. The van der Waals surface area contributed by atoms with E-state index in [0.717, 1.165) is 16.1 Å². The highest BCUT2D eigenvalue weighted by Gasteiger charge is 2.14. The van der Waals surface area contributed by atoms with Crippen molar-refractivity contribution in [3.8, 4) is 6.07 Å². The summed E-state index contributed by atoms with van der Waals surface area (Å²) in [5, 5.41) is 10.2. The molecule has 0 aliphatic heterocycles. The second kappa shape index (κ2) is 6.95. The quantitative estimate of drug-likeness (QED) is 0.788. The molecular weight excluding hydrogens is 303 g/mol. The summed E-state index contributed by atoms with van der Waals surface area (Å²) in [7, 11) is 2.04. The second-order valence-electron chi connectivity index (χ2n) is 5.06. The van der Waals surface area contributed by atoms with Gasteiger partial charge in [0.05, 0.1) is 11.6 Å².